The molecule has 21 heavy (non-hydrogen) atoms. The van der Waals surface area contributed by atoms with Gasteiger partial charge < -0.3 is 10.6 Å². The lowest BCUT2D eigenvalue weighted by atomic mass is 10.2. The molecule has 2 N–H and O–H groups in total. The van der Waals surface area contributed by atoms with Crippen LogP contribution in [0.2, 0.25) is 0 Å². The van der Waals surface area contributed by atoms with Crippen LogP contribution in [0.25, 0.3) is 0 Å². The number of nitrogens with two attached hydrogens (primary N) is 1. The highest BCUT2D eigenvalue weighted by Crippen LogP contribution is 2.26. The zero-order chi connectivity index (χ0) is 15.7. The zero-order valence-corrected chi connectivity index (χ0v) is 12.8. The van der Waals surface area contributed by atoms with E-state index in [-0.39, 0.29) is 24.5 Å². The van der Waals surface area contributed by atoms with Gasteiger partial charge in [0.1, 0.15) is 0 Å². The van der Waals surface area contributed by atoms with Gasteiger partial charge in [0.05, 0.1) is 30.7 Å². The molecule has 0 aliphatic carbocycles. The number of nitrogens with zero attached hydrogens (tertiary/aromatic N) is 3. The molecule has 0 atom stereocenters. The topological polar surface area (TPSA) is 93.9 Å². The Morgan fingerprint density at radius 3 is 2.48 bits per heavy atom. The van der Waals surface area contributed by atoms with Crippen LogP contribution in [0.15, 0.2) is 23.1 Å². The third-order valence-electron chi connectivity index (χ3n) is 2.86. The first-order valence-electron chi connectivity index (χ1n) is 6.59. The lowest BCUT2D eigenvalue weighted by Gasteiger charge is -2.20. The van der Waals surface area contributed by atoms with Crippen molar-refractivity contribution in [3.05, 3.63) is 23.8 Å². The third kappa shape index (κ3) is 5.76. The second-order valence-electron chi connectivity index (χ2n) is 4.53. The van der Waals surface area contributed by atoms with E-state index in [0.717, 1.165) is 10.5 Å². The molecule has 0 unspecified atom stereocenters. The predicted molar refractivity (Wildman–Crippen MR) is 83.4 cm³/mol. The van der Waals surface area contributed by atoms with Gasteiger partial charge in [-0.3, -0.25) is 4.79 Å². The minimum Gasteiger partial charge on any atom is -0.398 e. The minimum atomic E-state index is -0.0774. The molecule has 1 rings (SSSR count). The van der Waals surface area contributed by atoms with Gasteiger partial charge >= 0.3 is 0 Å². The number of thioether (sulfide) groups is 1. The first-order chi connectivity index (χ1) is 10.1. The first kappa shape index (κ1) is 16.9. The van der Waals surface area contributed by atoms with Crippen LogP contribution in [0, 0.1) is 29.6 Å². The molecule has 0 aliphatic rings. The molecular formula is C15H18N4OS. The number of amides is 1. The van der Waals surface area contributed by atoms with Crippen molar-refractivity contribution in [3.8, 4) is 12.1 Å². The second kappa shape index (κ2) is 8.89. The SMILES string of the molecule is Cc1ccc(N)c(SCC(=O)N(CCC#N)CCC#N)c1. The number of hydrogen-bond acceptors (Lipinski definition) is 5. The van der Waals surface area contributed by atoms with E-state index in [9.17, 15) is 4.79 Å². The van der Waals surface area contributed by atoms with Gasteiger partial charge in [-0.1, -0.05) is 6.07 Å². The molecule has 0 bridgehead atoms. The normalized spacial score (nSPS) is 9.67. The third-order valence-corrected chi connectivity index (χ3v) is 3.92. The maximum atomic E-state index is 12.2. The molecule has 6 heteroatoms. The molecule has 1 aromatic carbocycles. The summed E-state index contributed by atoms with van der Waals surface area (Å²) >= 11 is 1.38. The Morgan fingerprint density at radius 2 is 1.90 bits per heavy atom. The molecule has 0 aromatic heterocycles. The summed E-state index contributed by atoms with van der Waals surface area (Å²) in [6, 6.07) is 9.73. The standard InChI is InChI=1S/C15H18N4OS/c1-12-4-5-13(18)14(10-12)21-11-15(20)19(8-2-6-16)9-3-7-17/h4-5,10H,2-3,8-9,11,18H2,1H3. The lowest BCUT2D eigenvalue weighted by molar-refractivity contribution is -0.128. The van der Waals surface area contributed by atoms with Gasteiger partial charge in [-0.25, -0.2) is 0 Å². The van der Waals surface area contributed by atoms with E-state index in [4.69, 9.17) is 16.3 Å². The number of carbonyl (C=O) groups excluding carboxylic acids is 1. The highest BCUT2D eigenvalue weighted by atomic mass is 32.2. The molecule has 0 heterocycles. The van der Waals surface area contributed by atoms with E-state index in [2.05, 4.69) is 0 Å². The second-order valence-corrected chi connectivity index (χ2v) is 5.54. The first-order valence-corrected chi connectivity index (χ1v) is 7.57. The zero-order valence-electron chi connectivity index (χ0n) is 12.0. The van der Waals surface area contributed by atoms with Crippen LogP contribution < -0.4 is 5.73 Å². The highest BCUT2D eigenvalue weighted by molar-refractivity contribution is 8.00. The summed E-state index contributed by atoms with van der Waals surface area (Å²) in [4.78, 5) is 14.6. The monoisotopic (exact) mass is 302 g/mol. The highest BCUT2D eigenvalue weighted by Gasteiger charge is 2.14. The van der Waals surface area contributed by atoms with Gasteiger partial charge in [-0.05, 0) is 24.6 Å². The van der Waals surface area contributed by atoms with Gasteiger partial charge in [0.25, 0.3) is 0 Å². The summed E-state index contributed by atoms with van der Waals surface area (Å²) in [6.45, 7) is 2.69. The van der Waals surface area contributed by atoms with E-state index >= 15 is 0 Å². The molecule has 0 fully saturated rings. The summed E-state index contributed by atoms with van der Waals surface area (Å²) in [5.74, 6) is 0.177. The maximum Gasteiger partial charge on any atom is 0.232 e. The summed E-state index contributed by atoms with van der Waals surface area (Å²) in [7, 11) is 0. The van der Waals surface area contributed by atoms with Crippen LogP contribution in [-0.2, 0) is 4.79 Å². The van der Waals surface area contributed by atoms with Crippen LogP contribution in [0.4, 0.5) is 5.69 Å². The molecule has 0 saturated carbocycles. The van der Waals surface area contributed by atoms with Crippen molar-refractivity contribution in [3.63, 3.8) is 0 Å². The number of aryl methyl sites for hydroxylation is 1. The summed E-state index contributed by atoms with van der Waals surface area (Å²) < 4.78 is 0. The van der Waals surface area contributed by atoms with Crippen molar-refractivity contribution in [2.24, 2.45) is 0 Å². The van der Waals surface area contributed by atoms with Gasteiger partial charge in [0.15, 0.2) is 0 Å². The minimum absolute atomic E-state index is 0.0774. The predicted octanol–water partition coefficient (Wildman–Crippen LogP) is 2.33. The fourth-order valence-electron chi connectivity index (χ4n) is 1.73. The number of nitriles is 2. The molecule has 1 aromatic rings. The maximum absolute atomic E-state index is 12.2. The fraction of sp³-hybridized carbons (Fsp3) is 0.400. The van der Waals surface area contributed by atoms with Gasteiger partial charge in [-0.2, -0.15) is 10.5 Å². The largest absolute Gasteiger partial charge is 0.398 e. The summed E-state index contributed by atoms with van der Waals surface area (Å²) in [5.41, 5.74) is 7.62. The Labute approximate surface area is 129 Å². The smallest absolute Gasteiger partial charge is 0.232 e. The van der Waals surface area contributed by atoms with Gasteiger partial charge in [-0.15, -0.1) is 11.8 Å². The van der Waals surface area contributed by atoms with Crippen LogP contribution in [0.5, 0.6) is 0 Å². The fourth-order valence-corrected chi connectivity index (χ4v) is 2.69. The Balaban J connectivity index is 2.62. The van der Waals surface area contributed by atoms with Crippen molar-refractivity contribution >= 4 is 23.4 Å². The Kier molecular flexibility index (Phi) is 7.14. The van der Waals surface area contributed by atoms with Crippen LogP contribution in [0.1, 0.15) is 18.4 Å². The molecule has 0 radical (unpaired) electrons. The number of hydrogen-bond donors (Lipinski definition) is 1. The number of anilines is 1. The van der Waals surface area contributed by atoms with E-state index in [1.165, 1.54) is 11.8 Å². The molecular weight excluding hydrogens is 284 g/mol. The summed E-state index contributed by atoms with van der Waals surface area (Å²) in [5, 5.41) is 17.2. The molecule has 0 aliphatic heterocycles. The van der Waals surface area contributed by atoms with Crippen molar-refractivity contribution in [2.45, 2.75) is 24.7 Å². The molecule has 1 amide bonds. The molecule has 110 valence electrons. The molecule has 5 nitrogen and oxygen atoms in total. The molecule has 0 spiro atoms. The van der Waals surface area contributed by atoms with Crippen molar-refractivity contribution in [1.29, 1.82) is 10.5 Å². The average molecular weight is 302 g/mol. The number of benzene rings is 1. The Morgan fingerprint density at radius 1 is 1.29 bits per heavy atom. The Hall–Kier alpha value is -2.18. The quantitative estimate of drug-likeness (QED) is 0.616. The van der Waals surface area contributed by atoms with Crippen LogP contribution >= 0.6 is 11.8 Å². The van der Waals surface area contributed by atoms with Gasteiger partial charge in [0, 0.05) is 23.7 Å². The number of nitrogen functional groups attached to an aromatic ring is 1. The van der Waals surface area contributed by atoms with E-state index < -0.39 is 0 Å². The van der Waals surface area contributed by atoms with E-state index in [1.807, 2.05) is 37.3 Å². The Bertz CT molecular complexity index is 556. The van der Waals surface area contributed by atoms with Crippen molar-refractivity contribution in [1.82, 2.24) is 4.90 Å². The van der Waals surface area contributed by atoms with Crippen molar-refractivity contribution < 1.29 is 4.79 Å². The summed E-state index contributed by atoms with van der Waals surface area (Å²) in [6.07, 6.45) is 0.544. The number of carbonyl (C=O) groups is 1. The van der Waals surface area contributed by atoms with E-state index in [1.54, 1.807) is 4.90 Å². The average Bonchev–Trinajstić information content (AvgIpc) is 2.48. The van der Waals surface area contributed by atoms with Crippen LogP contribution in [-0.4, -0.2) is 29.6 Å². The lowest BCUT2D eigenvalue weighted by Crippen LogP contribution is -2.34. The van der Waals surface area contributed by atoms with Crippen LogP contribution in [0.3, 0.4) is 0 Å². The van der Waals surface area contributed by atoms with Gasteiger partial charge in [0.2, 0.25) is 5.91 Å². The molecule has 0 saturated heterocycles. The van der Waals surface area contributed by atoms with Crippen molar-refractivity contribution in [2.75, 3.05) is 24.6 Å². The van der Waals surface area contributed by atoms with E-state index in [0.29, 0.717) is 18.8 Å². The number of rotatable bonds is 7.